The third kappa shape index (κ3) is 2.99. The number of nitrogens with zero attached hydrogens (tertiary/aromatic N) is 5. The Balaban J connectivity index is 1.33. The van der Waals surface area contributed by atoms with Gasteiger partial charge in [-0.3, -0.25) is 4.79 Å². The quantitative estimate of drug-likeness (QED) is 0.535. The normalized spacial score (nSPS) is 13.7. The molecule has 1 N–H and O–H groups in total. The molecule has 7 nitrogen and oxygen atoms in total. The Morgan fingerprint density at radius 1 is 1.18 bits per heavy atom. The minimum atomic E-state index is 0.144. The second-order valence-corrected chi connectivity index (χ2v) is 7.76. The summed E-state index contributed by atoms with van der Waals surface area (Å²) in [5.74, 6) is 0.144. The molecule has 1 aliphatic heterocycles. The minimum Gasteiger partial charge on any atom is -0.357 e. The fraction of sp³-hybridized carbons (Fsp3) is 0.200. The van der Waals surface area contributed by atoms with Crippen LogP contribution in [0, 0.1) is 0 Å². The molecule has 0 unspecified atom stereocenters. The number of aromatic nitrogens is 5. The van der Waals surface area contributed by atoms with Crippen molar-refractivity contribution in [1.29, 1.82) is 0 Å². The Morgan fingerprint density at radius 3 is 2.82 bits per heavy atom. The molecule has 2 aromatic carbocycles. The Hall–Kier alpha value is -3.00. The third-order valence-electron chi connectivity index (χ3n) is 5.22. The van der Waals surface area contributed by atoms with Gasteiger partial charge in [-0.2, -0.15) is 0 Å². The summed E-state index contributed by atoms with van der Waals surface area (Å²) in [6, 6.07) is 13.9. The van der Waals surface area contributed by atoms with E-state index in [9.17, 15) is 4.79 Å². The number of hydrogen-bond donors (Lipinski definition) is 1. The highest BCUT2D eigenvalue weighted by Crippen LogP contribution is 2.32. The molecule has 2 aromatic heterocycles. The SMILES string of the molecule is O=C(Cc1ccc(-n2cnnn2)cc1)N1CCc2[nH]c3c(Br)cccc3c2C1. The van der Waals surface area contributed by atoms with E-state index in [1.54, 1.807) is 11.0 Å². The van der Waals surface area contributed by atoms with Crippen LogP contribution in [0.15, 0.2) is 53.3 Å². The van der Waals surface area contributed by atoms with Crippen molar-refractivity contribution in [2.75, 3.05) is 6.54 Å². The minimum absolute atomic E-state index is 0.144. The first-order valence-corrected chi connectivity index (χ1v) is 9.86. The first kappa shape index (κ1) is 17.1. The molecule has 1 amide bonds. The van der Waals surface area contributed by atoms with Crippen LogP contribution in [0.4, 0.5) is 0 Å². The molecule has 0 saturated carbocycles. The van der Waals surface area contributed by atoms with Gasteiger partial charge < -0.3 is 9.88 Å². The highest BCUT2D eigenvalue weighted by molar-refractivity contribution is 9.10. The van der Waals surface area contributed by atoms with Gasteiger partial charge in [0.25, 0.3) is 0 Å². The van der Waals surface area contributed by atoms with Gasteiger partial charge in [0.2, 0.25) is 5.91 Å². The van der Waals surface area contributed by atoms with Crippen LogP contribution in [0.5, 0.6) is 0 Å². The van der Waals surface area contributed by atoms with E-state index < -0.39 is 0 Å². The van der Waals surface area contributed by atoms with Crippen molar-refractivity contribution in [1.82, 2.24) is 30.1 Å². The van der Waals surface area contributed by atoms with E-state index in [0.717, 1.165) is 34.2 Å². The average molecular weight is 437 g/mol. The molecule has 3 heterocycles. The molecule has 0 spiro atoms. The summed E-state index contributed by atoms with van der Waals surface area (Å²) < 4.78 is 2.65. The van der Waals surface area contributed by atoms with Crippen LogP contribution in [-0.2, 0) is 24.2 Å². The number of H-pyrrole nitrogens is 1. The van der Waals surface area contributed by atoms with E-state index >= 15 is 0 Å². The van der Waals surface area contributed by atoms with Crippen molar-refractivity contribution in [3.05, 3.63) is 70.1 Å². The molecule has 1 aliphatic rings. The Kier molecular flexibility index (Phi) is 4.20. The molecular weight excluding hydrogens is 420 g/mol. The van der Waals surface area contributed by atoms with Crippen LogP contribution in [0.1, 0.15) is 16.8 Å². The van der Waals surface area contributed by atoms with E-state index in [4.69, 9.17) is 0 Å². The van der Waals surface area contributed by atoms with Gasteiger partial charge in [0.15, 0.2) is 0 Å². The molecule has 0 saturated heterocycles. The highest BCUT2D eigenvalue weighted by Gasteiger charge is 2.24. The van der Waals surface area contributed by atoms with Gasteiger partial charge >= 0.3 is 0 Å². The van der Waals surface area contributed by atoms with Gasteiger partial charge in [-0.05, 0) is 50.1 Å². The molecule has 0 bridgehead atoms. The molecule has 28 heavy (non-hydrogen) atoms. The molecule has 0 fully saturated rings. The molecule has 140 valence electrons. The van der Waals surface area contributed by atoms with Crippen LogP contribution in [0.3, 0.4) is 0 Å². The summed E-state index contributed by atoms with van der Waals surface area (Å²) in [4.78, 5) is 18.3. The van der Waals surface area contributed by atoms with E-state index in [1.807, 2.05) is 41.3 Å². The van der Waals surface area contributed by atoms with Crippen molar-refractivity contribution in [2.24, 2.45) is 0 Å². The molecule has 4 aromatic rings. The summed E-state index contributed by atoms with van der Waals surface area (Å²) in [5, 5.41) is 12.3. The maximum Gasteiger partial charge on any atom is 0.227 e. The number of nitrogens with one attached hydrogen (secondary N) is 1. The number of hydrogen-bond acceptors (Lipinski definition) is 4. The summed E-state index contributed by atoms with van der Waals surface area (Å²) >= 11 is 3.61. The number of tetrazole rings is 1. The van der Waals surface area contributed by atoms with Crippen LogP contribution >= 0.6 is 15.9 Å². The van der Waals surface area contributed by atoms with E-state index in [-0.39, 0.29) is 5.91 Å². The largest absolute Gasteiger partial charge is 0.357 e. The van der Waals surface area contributed by atoms with E-state index in [0.29, 0.717) is 13.0 Å². The van der Waals surface area contributed by atoms with Crippen LogP contribution in [-0.4, -0.2) is 42.5 Å². The van der Waals surface area contributed by atoms with Crippen LogP contribution in [0.2, 0.25) is 0 Å². The second-order valence-electron chi connectivity index (χ2n) is 6.91. The number of carbonyl (C=O) groups is 1. The molecular formula is C20H17BrN6O. The average Bonchev–Trinajstić information content (AvgIpc) is 3.37. The highest BCUT2D eigenvalue weighted by atomic mass is 79.9. The lowest BCUT2D eigenvalue weighted by Crippen LogP contribution is -2.36. The molecule has 8 heteroatoms. The summed E-state index contributed by atoms with van der Waals surface area (Å²) in [5.41, 5.74) is 5.42. The van der Waals surface area contributed by atoms with Crippen LogP contribution in [0.25, 0.3) is 16.6 Å². The van der Waals surface area contributed by atoms with Crippen molar-refractivity contribution in [2.45, 2.75) is 19.4 Å². The number of amides is 1. The zero-order valence-corrected chi connectivity index (χ0v) is 16.6. The molecule has 0 atom stereocenters. The summed E-state index contributed by atoms with van der Waals surface area (Å²) in [7, 11) is 0. The Labute approximate surface area is 169 Å². The Bertz CT molecular complexity index is 1150. The fourth-order valence-electron chi connectivity index (χ4n) is 3.75. The van der Waals surface area contributed by atoms with Crippen molar-refractivity contribution in [3.8, 4) is 5.69 Å². The molecule has 5 rings (SSSR count). The van der Waals surface area contributed by atoms with Crippen molar-refractivity contribution in [3.63, 3.8) is 0 Å². The van der Waals surface area contributed by atoms with Crippen molar-refractivity contribution >= 4 is 32.7 Å². The summed E-state index contributed by atoms with van der Waals surface area (Å²) in [6.07, 6.45) is 2.78. The number of rotatable bonds is 3. The maximum absolute atomic E-state index is 12.9. The smallest absolute Gasteiger partial charge is 0.227 e. The van der Waals surface area contributed by atoms with Gasteiger partial charge in [0.1, 0.15) is 6.33 Å². The zero-order chi connectivity index (χ0) is 19.1. The lowest BCUT2D eigenvalue weighted by atomic mass is 10.0. The predicted molar refractivity (Wildman–Crippen MR) is 108 cm³/mol. The van der Waals surface area contributed by atoms with Crippen molar-refractivity contribution < 1.29 is 4.79 Å². The number of benzene rings is 2. The first-order valence-electron chi connectivity index (χ1n) is 9.07. The number of aromatic amines is 1. The molecule has 0 radical (unpaired) electrons. The first-order chi connectivity index (χ1) is 13.7. The van der Waals surface area contributed by atoms with E-state index in [2.05, 4.69) is 42.5 Å². The predicted octanol–water partition coefficient (Wildman–Crippen LogP) is 3.03. The van der Waals surface area contributed by atoms with Gasteiger partial charge in [0.05, 0.1) is 17.6 Å². The fourth-order valence-corrected chi connectivity index (χ4v) is 4.21. The monoisotopic (exact) mass is 436 g/mol. The summed E-state index contributed by atoms with van der Waals surface area (Å²) in [6.45, 7) is 1.38. The standard InChI is InChI=1S/C20H17BrN6O/c21-17-3-1-2-15-16-11-26(9-8-18(16)23-20(15)17)19(28)10-13-4-6-14(7-5-13)27-12-22-24-25-27/h1-7,12,23H,8-11H2. The number of para-hydroxylation sites is 1. The topological polar surface area (TPSA) is 79.7 Å². The van der Waals surface area contributed by atoms with Crippen LogP contribution < -0.4 is 0 Å². The lowest BCUT2D eigenvalue weighted by molar-refractivity contribution is -0.131. The number of fused-ring (bicyclic) bond motifs is 3. The van der Waals surface area contributed by atoms with Gasteiger partial charge in [-0.1, -0.05) is 24.3 Å². The van der Waals surface area contributed by atoms with Gasteiger partial charge in [-0.15, -0.1) is 5.10 Å². The maximum atomic E-state index is 12.9. The number of carbonyl (C=O) groups excluding carboxylic acids is 1. The van der Waals surface area contributed by atoms with E-state index in [1.165, 1.54) is 16.6 Å². The second kappa shape index (κ2) is 6.87. The third-order valence-corrected chi connectivity index (χ3v) is 5.88. The zero-order valence-electron chi connectivity index (χ0n) is 15.0. The lowest BCUT2D eigenvalue weighted by Gasteiger charge is -2.27. The number of halogens is 1. The Morgan fingerprint density at radius 2 is 2.04 bits per heavy atom. The van der Waals surface area contributed by atoms with Gasteiger partial charge in [0, 0.05) is 40.6 Å². The van der Waals surface area contributed by atoms with Gasteiger partial charge in [-0.25, -0.2) is 4.68 Å². The molecule has 0 aliphatic carbocycles.